The van der Waals surface area contributed by atoms with Crippen LogP contribution >= 0.6 is 0 Å². The first kappa shape index (κ1) is 18.6. The van der Waals surface area contributed by atoms with E-state index in [2.05, 4.69) is 5.32 Å². The number of benzene rings is 2. The van der Waals surface area contributed by atoms with Gasteiger partial charge in [0.05, 0.1) is 5.56 Å². The highest BCUT2D eigenvalue weighted by atomic mass is 16.4. The number of hydrogen-bond donors (Lipinski definition) is 2. The van der Waals surface area contributed by atoms with Crippen LogP contribution in [0, 0.1) is 0 Å². The lowest BCUT2D eigenvalue weighted by Gasteiger charge is -2.34. The van der Waals surface area contributed by atoms with Gasteiger partial charge >= 0.3 is 5.97 Å². The SMILES string of the molecule is O=C(O)c1ccc(CNC(=O)C(c2ccccc2)N2CCCCC2=O)cc1. The lowest BCUT2D eigenvalue weighted by Crippen LogP contribution is -2.45. The number of rotatable bonds is 6. The molecule has 1 unspecified atom stereocenters. The first-order valence-electron chi connectivity index (χ1n) is 9.00. The number of hydrogen-bond acceptors (Lipinski definition) is 3. The summed E-state index contributed by atoms with van der Waals surface area (Å²) in [5.41, 5.74) is 1.78. The summed E-state index contributed by atoms with van der Waals surface area (Å²) >= 11 is 0. The predicted molar refractivity (Wildman–Crippen MR) is 100.0 cm³/mol. The van der Waals surface area contributed by atoms with Crippen LogP contribution in [-0.2, 0) is 16.1 Å². The van der Waals surface area contributed by atoms with Crippen molar-refractivity contribution in [2.24, 2.45) is 0 Å². The molecule has 2 amide bonds. The van der Waals surface area contributed by atoms with Crippen LogP contribution < -0.4 is 5.32 Å². The Morgan fingerprint density at radius 1 is 1.04 bits per heavy atom. The maximum atomic E-state index is 12.9. The Hall–Kier alpha value is -3.15. The summed E-state index contributed by atoms with van der Waals surface area (Å²) in [7, 11) is 0. The maximum Gasteiger partial charge on any atom is 0.335 e. The van der Waals surface area contributed by atoms with E-state index in [1.54, 1.807) is 17.0 Å². The van der Waals surface area contributed by atoms with Crippen molar-refractivity contribution in [2.45, 2.75) is 31.8 Å². The third kappa shape index (κ3) is 4.53. The number of carboxylic acids is 1. The van der Waals surface area contributed by atoms with Gasteiger partial charge < -0.3 is 15.3 Å². The fourth-order valence-electron chi connectivity index (χ4n) is 3.26. The monoisotopic (exact) mass is 366 g/mol. The topological polar surface area (TPSA) is 86.7 Å². The molecular formula is C21H22N2O4. The van der Waals surface area contributed by atoms with Crippen molar-refractivity contribution in [2.75, 3.05) is 6.54 Å². The number of amides is 2. The van der Waals surface area contributed by atoms with Crippen LogP contribution in [0.4, 0.5) is 0 Å². The number of piperidine rings is 1. The summed E-state index contributed by atoms with van der Waals surface area (Å²) in [5.74, 6) is -1.23. The second-order valence-electron chi connectivity index (χ2n) is 6.58. The molecule has 0 bridgehead atoms. The molecule has 1 aliphatic heterocycles. The van der Waals surface area contributed by atoms with E-state index >= 15 is 0 Å². The number of carbonyl (C=O) groups excluding carboxylic acids is 2. The van der Waals surface area contributed by atoms with Gasteiger partial charge in [-0.25, -0.2) is 4.79 Å². The zero-order valence-electron chi connectivity index (χ0n) is 14.9. The molecule has 2 aromatic carbocycles. The van der Waals surface area contributed by atoms with E-state index in [-0.39, 0.29) is 23.9 Å². The average Bonchev–Trinajstić information content (AvgIpc) is 2.69. The van der Waals surface area contributed by atoms with Crippen LogP contribution in [-0.4, -0.2) is 34.3 Å². The molecule has 0 aromatic heterocycles. The highest BCUT2D eigenvalue weighted by molar-refractivity contribution is 5.89. The van der Waals surface area contributed by atoms with Gasteiger partial charge in [-0.2, -0.15) is 0 Å². The van der Waals surface area contributed by atoms with E-state index in [1.807, 2.05) is 30.3 Å². The van der Waals surface area contributed by atoms with E-state index < -0.39 is 12.0 Å². The molecular weight excluding hydrogens is 344 g/mol. The Labute approximate surface area is 157 Å². The zero-order valence-corrected chi connectivity index (χ0v) is 14.9. The smallest absolute Gasteiger partial charge is 0.335 e. The van der Waals surface area contributed by atoms with Crippen molar-refractivity contribution < 1.29 is 19.5 Å². The van der Waals surface area contributed by atoms with Gasteiger partial charge in [-0.15, -0.1) is 0 Å². The Kier molecular flexibility index (Phi) is 5.86. The van der Waals surface area contributed by atoms with Gasteiger partial charge in [-0.1, -0.05) is 42.5 Å². The molecule has 1 heterocycles. The number of carboxylic acid groups (broad SMARTS) is 1. The van der Waals surface area contributed by atoms with Gasteiger partial charge in [0.15, 0.2) is 0 Å². The first-order chi connectivity index (χ1) is 13.1. The molecule has 6 heteroatoms. The van der Waals surface area contributed by atoms with Crippen molar-refractivity contribution in [3.63, 3.8) is 0 Å². The Morgan fingerprint density at radius 2 is 1.74 bits per heavy atom. The Bertz CT molecular complexity index is 818. The molecule has 3 rings (SSSR count). The summed E-state index contributed by atoms with van der Waals surface area (Å²) in [6.07, 6.45) is 2.21. The van der Waals surface area contributed by atoms with Gasteiger partial charge in [0, 0.05) is 19.5 Å². The van der Waals surface area contributed by atoms with E-state index in [0.717, 1.165) is 24.0 Å². The molecule has 140 valence electrons. The van der Waals surface area contributed by atoms with Gasteiger partial charge in [-0.3, -0.25) is 9.59 Å². The second-order valence-corrected chi connectivity index (χ2v) is 6.58. The van der Waals surface area contributed by atoms with Crippen LogP contribution in [0.15, 0.2) is 54.6 Å². The number of nitrogens with zero attached hydrogens (tertiary/aromatic N) is 1. The molecule has 1 saturated heterocycles. The van der Waals surface area contributed by atoms with Crippen LogP contribution in [0.5, 0.6) is 0 Å². The Morgan fingerprint density at radius 3 is 2.37 bits per heavy atom. The fourth-order valence-corrected chi connectivity index (χ4v) is 3.26. The summed E-state index contributed by atoms with van der Waals surface area (Å²) in [6.45, 7) is 0.837. The van der Waals surface area contributed by atoms with Crippen LogP contribution in [0.3, 0.4) is 0 Å². The molecule has 1 atom stereocenters. The highest BCUT2D eigenvalue weighted by Gasteiger charge is 2.32. The van der Waals surface area contributed by atoms with Crippen molar-refractivity contribution in [1.29, 1.82) is 0 Å². The highest BCUT2D eigenvalue weighted by Crippen LogP contribution is 2.26. The molecule has 0 radical (unpaired) electrons. The summed E-state index contributed by atoms with van der Waals surface area (Å²) < 4.78 is 0. The minimum atomic E-state index is -0.988. The average molecular weight is 366 g/mol. The predicted octanol–water partition coefficient (Wildman–Crippen LogP) is 2.75. The number of nitrogens with one attached hydrogen (secondary N) is 1. The van der Waals surface area contributed by atoms with Gasteiger partial charge in [0.2, 0.25) is 11.8 Å². The summed E-state index contributed by atoms with van der Waals surface area (Å²) in [6, 6.07) is 15.0. The van der Waals surface area contributed by atoms with Crippen LogP contribution in [0.25, 0.3) is 0 Å². The number of aromatic carboxylic acids is 1. The largest absolute Gasteiger partial charge is 0.478 e. The van der Waals surface area contributed by atoms with Crippen molar-refractivity contribution in [1.82, 2.24) is 10.2 Å². The third-order valence-corrected chi connectivity index (χ3v) is 4.70. The molecule has 2 N–H and O–H groups in total. The third-order valence-electron chi connectivity index (χ3n) is 4.70. The van der Waals surface area contributed by atoms with Crippen molar-refractivity contribution in [3.05, 3.63) is 71.3 Å². The maximum absolute atomic E-state index is 12.9. The molecule has 0 aliphatic carbocycles. The molecule has 2 aromatic rings. The summed E-state index contributed by atoms with van der Waals surface area (Å²) in [4.78, 5) is 37.9. The van der Waals surface area contributed by atoms with Crippen molar-refractivity contribution >= 4 is 17.8 Å². The Balaban J connectivity index is 1.74. The van der Waals surface area contributed by atoms with Gasteiger partial charge in [0.25, 0.3) is 0 Å². The van der Waals surface area contributed by atoms with E-state index in [0.29, 0.717) is 13.0 Å². The first-order valence-corrected chi connectivity index (χ1v) is 9.00. The van der Waals surface area contributed by atoms with Gasteiger partial charge in [-0.05, 0) is 36.1 Å². The quantitative estimate of drug-likeness (QED) is 0.823. The van der Waals surface area contributed by atoms with Crippen molar-refractivity contribution in [3.8, 4) is 0 Å². The lowest BCUT2D eigenvalue weighted by atomic mass is 10.0. The number of likely N-dealkylation sites (tertiary alicyclic amines) is 1. The van der Waals surface area contributed by atoms with E-state index in [9.17, 15) is 14.4 Å². The molecule has 0 saturated carbocycles. The fraction of sp³-hybridized carbons (Fsp3) is 0.286. The minimum absolute atomic E-state index is 0.00364. The molecule has 27 heavy (non-hydrogen) atoms. The molecule has 1 aliphatic rings. The van der Waals surface area contributed by atoms with Crippen LogP contribution in [0.1, 0.15) is 46.8 Å². The minimum Gasteiger partial charge on any atom is -0.478 e. The molecule has 1 fully saturated rings. The van der Waals surface area contributed by atoms with Gasteiger partial charge in [0.1, 0.15) is 6.04 Å². The zero-order chi connectivity index (χ0) is 19.2. The standard InChI is InChI=1S/C21H22N2O4/c24-18-8-4-5-13-23(18)19(16-6-2-1-3-7-16)20(25)22-14-15-9-11-17(12-10-15)21(26)27/h1-3,6-7,9-12,19H,4-5,8,13-14H2,(H,22,25)(H,26,27). The number of carbonyl (C=O) groups is 3. The summed E-state index contributed by atoms with van der Waals surface area (Å²) in [5, 5.41) is 11.8. The lowest BCUT2D eigenvalue weighted by molar-refractivity contribution is -0.142. The molecule has 6 nitrogen and oxygen atoms in total. The van der Waals surface area contributed by atoms with E-state index in [1.165, 1.54) is 12.1 Å². The normalized spacial score (nSPS) is 15.3. The van der Waals surface area contributed by atoms with Crippen LogP contribution in [0.2, 0.25) is 0 Å². The van der Waals surface area contributed by atoms with E-state index in [4.69, 9.17) is 5.11 Å². The molecule has 0 spiro atoms. The second kappa shape index (κ2) is 8.49.